The van der Waals surface area contributed by atoms with Gasteiger partial charge < -0.3 is 14.4 Å². The maximum Gasteiger partial charge on any atom is 0.411 e. The minimum absolute atomic E-state index is 0.119. The number of likely N-dealkylation sites (tertiary alicyclic amines) is 1. The normalized spacial score (nSPS) is 25.7. The van der Waals surface area contributed by atoms with E-state index in [-0.39, 0.29) is 18.4 Å². The van der Waals surface area contributed by atoms with E-state index in [0.29, 0.717) is 32.7 Å². The number of hydrogen-bond donors (Lipinski definition) is 0. The predicted molar refractivity (Wildman–Crippen MR) is 77.8 cm³/mol. The quantitative estimate of drug-likeness (QED) is 0.721. The largest absolute Gasteiger partial charge is 0.444 e. The van der Waals surface area contributed by atoms with E-state index in [1.807, 2.05) is 0 Å². The first kappa shape index (κ1) is 16.6. The second-order valence-electron chi connectivity index (χ2n) is 6.65. The molecule has 7 heteroatoms. The van der Waals surface area contributed by atoms with E-state index in [0.717, 1.165) is 0 Å². The second-order valence-corrected chi connectivity index (χ2v) is 6.65. The monoisotopic (exact) mass is 309 g/mol. The Bertz CT molecular complexity index is 474. The number of rotatable bonds is 1. The molecular weight excluding hydrogens is 286 g/mol. The van der Waals surface area contributed by atoms with Crippen LogP contribution in [0.3, 0.4) is 0 Å². The summed E-state index contributed by atoms with van der Waals surface area (Å²) in [5.41, 5.74) is -0.631. The lowest BCUT2D eigenvalue weighted by molar-refractivity contribution is -0.140. The summed E-state index contributed by atoms with van der Waals surface area (Å²) < 4.78 is 10.6. The zero-order valence-corrected chi connectivity index (χ0v) is 13.4. The summed E-state index contributed by atoms with van der Waals surface area (Å²) in [4.78, 5) is 28.1. The van der Waals surface area contributed by atoms with Gasteiger partial charge in [0.2, 0.25) is 5.91 Å². The highest BCUT2D eigenvalue weighted by molar-refractivity contribution is 5.86. The van der Waals surface area contributed by atoms with Gasteiger partial charge in [0.05, 0.1) is 25.2 Å². The molecule has 0 saturated carbocycles. The van der Waals surface area contributed by atoms with Gasteiger partial charge in [0, 0.05) is 19.6 Å². The molecule has 0 radical (unpaired) electrons. The molecule has 2 fully saturated rings. The molecule has 2 heterocycles. The number of carbonyl (C=O) groups excluding carboxylic acids is 2. The third kappa shape index (κ3) is 3.89. The van der Waals surface area contributed by atoms with Gasteiger partial charge in [-0.2, -0.15) is 5.26 Å². The number of ether oxygens (including phenoxy) is 2. The van der Waals surface area contributed by atoms with Gasteiger partial charge in [-0.3, -0.25) is 9.69 Å². The summed E-state index contributed by atoms with van der Waals surface area (Å²) in [7, 11) is 0. The summed E-state index contributed by atoms with van der Waals surface area (Å²) in [5, 5.41) is 9.13. The fraction of sp³-hybridized carbons (Fsp3) is 0.800. The Morgan fingerprint density at radius 1 is 1.27 bits per heavy atom. The molecule has 0 aromatic carbocycles. The van der Waals surface area contributed by atoms with Gasteiger partial charge in [-0.05, 0) is 27.2 Å². The highest BCUT2D eigenvalue weighted by Gasteiger charge is 2.43. The second kappa shape index (κ2) is 6.53. The molecule has 22 heavy (non-hydrogen) atoms. The Balaban J connectivity index is 2.10. The SMILES string of the molecule is CC(C)(C)OC(=O)N1C[C@@H](C#N)C[C@H]1C(=O)N1CCOCC1. The van der Waals surface area contributed by atoms with Crippen LogP contribution in [0.2, 0.25) is 0 Å². The van der Waals surface area contributed by atoms with Crippen LogP contribution in [0.5, 0.6) is 0 Å². The third-order valence-corrected chi connectivity index (χ3v) is 3.72. The molecule has 2 rings (SSSR count). The van der Waals surface area contributed by atoms with E-state index >= 15 is 0 Å². The van der Waals surface area contributed by atoms with Crippen molar-refractivity contribution in [1.29, 1.82) is 5.26 Å². The number of amides is 2. The Hall–Kier alpha value is -1.81. The van der Waals surface area contributed by atoms with E-state index < -0.39 is 17.7 Å². The zero-order valence-electron chi connectivity index (χ0n) is 13.4. The molecular formula is C15H23N3O4. The number of nitriles is 1. The average molecular weight is 309 g/mol. The van der Waals surface area contributed by atoms with Crippen LogP contribution in [0.25, 0.3) is 0 Å². The molecule has 2 aliphatic rings. The van der Waals surface area contributed by atoms with Crippen LogP contribution in [0, 0.1) is 17.2 Å². The Kier molecular flexibility index (Phi) is 4.91. The van der Waals surface area contributed by atoms with Crippen LogP contribution in [0.1, 0.15) is 27.2 Å². The van der Waals surface area contributed by atoms with Crippen molar-refractivity contribution < 1.29 is 19.1 Å². The fourth-order valence-corrected chi connectivity index (χ4v) is 2.68. The molecule has 2 atom stereocenters. The summed E-state index contributed by atoms with van der Waals surface area (Å²) in [6, 6.07) is 1.54. The topological polar surface area (TPSA) is 82.9 Å². The molecule has 0 N–H and O–H groups in total. The van der Waals surface area contributed by atoms with Gasteiger partial charge in [-0.15, -0.1) is 0 Å². The van der Waals surface area contributed by atoms with E-state index in [1.54, 1.807) is 25.7 Å². The summed E-state index contributed by atoms with van der Waals surface area (Å²) in [6.07, 6.45) is -0.164. The Labute approximate surface area is 130 Å². The number of hydrogen-bond acceptors (Lipinski definition) is 5. The fourth-order valence-electron chi connectivity index (χ4n) is 2.68. The van der Waals surface area contributed by atoms with Gasteiger partial charge in [0.15, 0.2) is 0 Å². The van der Waals surface area contributed by atoms with Gasteiger partial charge >= 0.3 is 6.09 Å². The van der Waals surface area contributed by atoms with Crippen LogP contribution in [-0.4, -0.2) is 66.3 Å². The number of nitrogens with zero attached hydrogens (tertiary/aromatic N) is 3. The Morgan fingerprint density at radius 2 is 1.91 bits per heavy atom. The Morgan fingerprint density at radius 3 is 2.45 bits per heavy atom. The van der Waals surface area contributed by atoms with Crippen LogP contribution in [-0.2, 0) is 14.3 Å². The molecule has 7 nitrogen and oxygen atoms in total. The molecule has 0 bridgehead atoms. The first-order valence-electron chi connectivity index (χ1n) is 7.57. The van der Waals surface area contributed by atoms with E-state index in [2.05, 4.69) is 6.07 Å². The molecule has 122 valence electrons. The van der Waals surface area contributed by atoms with Crippen LogP contribution in [0.15, 0.2) is 0 Å². The van der Waals surface area contributed by atoms with Crippen molar-refractivity contribution in [3.8, 4) is 6.07 Å². The summed E-state index contributed by atoms with van der Waals surface area (Å²) in [6.45, 7) is 7.64. The van der Waals surface area contributed by atoms with Gasteiger partial charge in [-0.1, -0.05) is 0 Å². The lowest BCUT2D eigenvalue weighted by atomic mass is 10.1. The summed E-state index contributed by atoms with van der Waals surface area (Å²) >= 11 is 0. The highest BCUT2D eigenvalue weighted by Crippen LogP contribution is 2.26. The molecule has 0 spiro atoms. The lowest BCUT2D eigenvalue weighted by Gasteiger charge is -2.33. The molecule has 0 aromatic rings. The first-order valence-corrected chi connectivity index (χ1v) is 7.57. The zero-order chi connectivity index (χ0) is 16.3. The average Bonchev–Trinajstić information content (AvgIpc) is 2.90. The minimum atomic E-state index is -0.631. The van der Waals surface area contributed by atoms with Crippen molar-refractivity contribution in [1.82, 2.24) is 9.80 Å². The molecule has 0 aromatic heterocycles. The van der Waals surface area contributed by atoms with E-state index in [1.165, 1.54) is 4.90 Å². The number of morpholine rings is 1. The van der Waals surface area contributed by atoms with Crippen molar-refractivity contribution in [2.45, 2.75) is 38.8 Å². The van der Waals surface area contributed by atoms with Gasteiger partial charge in [-0.25, -0.2) is 4.79 Å². The van der Waals surface area contributed by atoms with E-state index in [9.17, 15) is 9.59 Å². The molecule has 0 unspecified atom stereocenters. The summed E-state index contributed by atoms with van der Waals surface area (Å²) in [5.74, 6) is -0.450. The van der Waals surface area contributed by atoms with Crippen LogP contribution >= 0.6 is 0 Å². The van der Waals surface area contributed by atoms with E-state index in [4.69, 9.17) is 14.7 Å². The minimum Gasteiger partial charge on any atom is -0.444 e. The van der Waals surface area contributed by atoms with Gasteiger partial charge in [0.25, 0.3) is 0 Å². The molecule has 0 aliphatic carbocycles. The maximum atomic E-state index is 12.7. The van der Waals surface area contributed by atoms with Crippen molar-refractivity contribution in [3.05, 3.63) is 0 Å². The van der Waals surface area contributed by atoms with Crippen molar-refractivity contribution in [2.75, 3.05) is 32.8 Å². The highest BCUT2D eigenvalue weighted by atomic mass is 16.6. The standard InChI is InChI=1S/C15H23N3O4/c1-15(2,3)22-14(20)18-10-11(9-16)8-12(18)13(19)17-4-6-21-7-5-17/h11-12H,4-8,10H2,1-3H3/t11-,12+/m1/s1. The predicted octanol–water partition coefficient (Wildman–Crippen LogP) is 0.994. The third-order valence-electron chi connectivity index (χ3n) is 3.72. The molecule has 2 saturated heterocycles. The van der Waals surface area contributed by atoms with Crippen molar-refractivity contribution in [3.63, 3.8) is 0 Å². The van der Waals surface area contributed by atoms with Crippen molar-refractivity contribution >= 4 is 12.0 Å². The molecule has 2 aliphatic heterocycles. The first-order chi connectivity index (χ1) is 10.3. The van der Waals surface area contributed by atoms with Crippen molar-refractivity contribution in [2.24, 2.45) is 5.92 Å². The smallest absolute Gasteiger partial charge is 0.411 e. The van der Waals surface area contributed by atoms with Crippen LogP contribution < -0.4 is 0 Å². The maximum absolute atomic E-state index is 12.7. The number of carbonyl (C=O) groups is 2. The van der Waals surface area contributed by atoms with Crippen LogP contribution in [0.4, 0.5) is 4.79 Å². The lowest BCUT2D eigenvalue weighted by Crippen LogP contribution is -2.51. The van der Waals surface area contributed by atoms with Gasteiger partial charge in [0.1, 0.15) is 11.6 Å². The molecule has 2 amide bonds.